The lowest BCUT2D eigenvalue weighted by Crippen LogP contribution is -2.78. The number of carbonyl (C=O) groups excluding carboxylic acids is 4. The number of hydrogen-bond donors (Lipinski definition) is 3. The Morgan fingerprint density at radius 3 is 2.44 bits per heavy atom. The quantitative estimate of drug-likeness (QED) is 0.226. The molecule has 62 heavy (non-hydrogen) atoms. The van der Waals surface area contributed by atoms with Gasteiger partial charge >= 0.3 is 0 Å². The molecule has 320 valence electrons. The number of imide groups is 1. The van der Waals surface area contributed by atoms with Crippen LogP contribution in [0, 0.1) is 28.5 Å². The number of fused-ring (bicyclic) bond motifs is 3. The molecule has 3 N–H and O–H groups in total. The van der Waals surface area contributed by atoms with Crippen LogP contribution in [0.15, 0.2) is 60.8 Å². The highest BCUT2D eigenvalue weighted by Crippen LogP contribution is 2.61. The smallest absolute Gasteiger partial charge is 0.262 e. The molecule has 0 spiro atoms. The number of hydrogen-bond acceptors (Lipinski definition) is 11. The molecule has 0 bridgehead atoms. The van der Waals surface area contributed by atoms with Gasteiger partial charge in [0, 0.05) is 80.5 Å². The molecule has 1 aliphatic carbocycles. The van der Waals surface area contributed by atoms with Gasteiger partial charge in [-0.2, -0.15) is 5.26 Å². The van der Waals surface area contributed by atoms with Crippen LogP contribution < -0.4 is 25.2 Å². The van der Waals surface area contributed by atoms with E-state index in [0.717, 1.165) is 67.1 Å². The molecule has 6 heterocycles. The van der Waals surface area contributed by atoms with Crippen molar-refractivity contribution in [3.8, 4) is 11.8 Å². The first-order valence-electron chi connectivity index (χ1n) is 21.6. The Labute approximate surface area is 358 Å². The minimum absolute atomic E-state index is 0.135. The van der Waals surface area contributed by atoms with Gasteiger partial charge < -0.3 is 30.3 Å². The number of rotatable bonds is 7. The number of piperazine rings is 1. The third-order valence-electron chi connectivity index (χ3n) is 14.6. The van der Waals surface area contributed by atoms with Crippen LogP contribution >= 0.6 is 0 Å². The van der Waals surface area contributed by atoms with Crippen molar-refractivity contribution in [2.24, 2.45) is 11.3 Å². The Kier molecular flexibility index (Phi) is 9.53. The maximum absolute atomic E-state index is 15.9. The van der Waals surface area contributed by atoms with Gasteiger partial charge in [-0.05, 0) is 92.3 Å². The molecule has 4 unspecified atom stereocenters. The minimum atomic E-state index is -1.29. The van der Waals surface area contributed by atoms with E-state index < -0.39 is 40.7 Å². The van der Waals surface area contributed by atoms with Crippen LogP contribution in [-0.4, -0.2) is 114 Å². The number of nitriles is 1. The molecule has 14 nitrogen and oxygen atoms in total. The molecule has 15 heteroatoms. The average Bonchev–Trinajstić information content (AvgIpc) is 3.52. The number of nitrogens with one attached hydrogen (secondary N) is 2. The Bertz CT molecular complexity index is 2600. The molecular weight excluding hydrogens is 792 g/mol. The zero-order valence-corrected chi connectivity index (χ0v) is 35.0. The largest absolute Gasteiger partial charge is 0.488 e. The minimum Gasteiger partial charge on any atom is -0.488 e. The number of nitrogens with zero attached hydrogens (tertiary/aromatic N) is 6. The van der Waals surface area contributed by atoms with E-state index in [-0.39, 0.29) is 42.4 Å². The van der Waals surface area contributed by atoms with E-state index >= 15 is 4.39 Å². The summed E-state index contributed by atoms with van der Waals surface area (Å²) in [5, 5.41) is 26.6. The normalized spacial score (nSPS) is 26.9. The van der Waals surface area contributed by atoms with Crippen molar-refractivity contribution in [2.75, 3.05) is 55.6 Å². The molecule has 3 aromatic carbocycles. The molecule has 5 atom stereocenters. The zero-order valence-electron chi connectivity index (χ0n) is 35.0. The highest BCUT2D eigenvalue weighted by molar-refractivity contribution is 6.22. The summed E-state index contributed by atoms with van der Waals surface area (Å²) in [5.41, 5.74) is 3.22. The second-order valence-corrected chi connectivity index (χ2v) is 18.5. The monoisotopic (exact) mass is 840 g/mol. The average molecular weight is 841 g/mol. The number of amides is 4. The van der Waals surface area contributed by atoms with E-state index in [1.165, 1.54) is 6.07 Å². The standard InChI is InChI=1S/C47H49FN8O6/c1-46(2)44(47(3)32-12-15-50-39-28(24-49)5-10-36(38(32)39)62-45(46)47)52-40(58)27-4-8-34(33(48)22-27)55-16-13-26(14-17-55)25-53-18-20-54(21-19-53)29-6-7-30-31(23-29)43(61)56(42(30)60)35-9-11-37(57)51-41(35)59/h4-8,10,12,15,22-23,26,35,41,44-45,59H,9,11,13-14,16-21,25H2,1-3H3,(H,51,57)(H,52,58)/t35?,41?,44?,45-,47?/m0/s1. The van der Waals surface area contributed by atoms with Gasteiger partial charge in [-0.1, -0.05) is 13.8 Å². The SMILES string of the molecule is CC1(C)C(NC(=O)c2ccc(N3CCC(CN4CCN(c5ccc6c(c5)C(=O)N(C5CCC(=O)NC5O)C6=O)CC4)CC3)c(F)c2)C2(C)c3ccnc4c(C#N)ccc(c34)O[C@@H]12. The van der Waals surface area contributed by atoms with Crippen molar-refractivity contribution in [3.63, 3.8) is 0 Å². The predicted octanol–water partition coefficient (Wildman–Crippen LogP) is 4.33. The third kappa shape index (κ3) is 6.20. The maximum atomic E-state index is 15.9. The second-order valence-electron chi connectivity index (χ2n) is 18.5. The van der Waals surface area contributed by atoms with Crippen molar-refractivity contribution >= 4 is 45.9 Å². The van der Waals surface area contributed by atoms with E-state index in [2.05, 4.69) is 57.2 Å². The Morgan fingerprint density at radius 2 is 1.71 bits per heavy atom. The molecule has 4 amide bonds. The Balaban J connectivity index is 0.731. The molecular formula is C47H49FN8O6. The van der Waals surface area contributed by atoms with Crippen LogP contribution in [-0.2, 0) is 10.2 Å². The van der Waals surface area contributed by atoms with E-state index in [9.17, 15) is 29.5 Å². The van der Waals surface area contributed by atoms with Crippen molar-refractivity contribution in [1.29, 1.82) is 5.26 Å². The lowest BCUT2D eigenvalue weighted by molar-refractivity contribution is -0.131. The third-order valence-corrected chi connectivity index (χ3v) is 14.6. The summed E-state index contributed by atoms with van der Waals surface area (Å²) >= 11 is 0. The van der Waals surface area contributed by atoms with Gasteiger partial charge in [0.15, 0.2) is 0 Å². The first-order valence-corrected chi connectivity index (χ1v) is 21.6. The fourth-order valence-corrected chi connectivity index (χ4v) is 11.5. The molecule has 4 aromatic rings. The fraction of sp³-hybridized carbons (Fsp3) is 0.447. The highest BCUT2D eigenvalue weighted by atomic mass is 19.1. The second kappa shape index (κ2) is 14.8. The summed E-state index contributed by atoms with van der Waals surface area (Å²) in [7, 11) is 0. The molecule has 1 saturated carbocycles. The van der Waals surface area contributed by atoms with Gasteiger partial charge in [-0.25, -0.2) is 4.39 Å². The van der Waals surface area contributed by atoms with Crippen LogP contribution in [0.1, 0.15) is 88.7 Å². The number of piperidine rings is 2. The van der Waals surface area contributed by atoms with E-state index in [1.54, 1.807) is 36.5 Å². The number of ether oxygens (including phenoxy) is 1. The first kappa shape index (κ1) is 40.0. The van der Waals surface area contributed by atoms with Gasteiger partial charge in [-0.3, -0.25) is 34.0 Å². The summed E-state index contributed by atoms with van der Waals surface area (Å²) in [4.78, 5) is 64.5. The van der Waals surface area contributed by atoms with E-state index in [0.29, 0.717) is 52.7 Å². The van der Waals surface area contributed by atoms with Gasteiger partial charge in [0.2, 0.25) is 5.91 Å². The molecule has 0 radical (unpaired) electrons. The number of halogens is 1. The van der Waals surface area contributed by atoms with Crippen LogP contribution in [0.4, 0.5) is 15.8 Å². The molecule has 4 fully saturated rings. The predicted molar refractivity (Wildman–Crippen MR) is 227 cm³/mol. The van der Waals surface area contributed by atoms with Crippen molar-refractivity contribution in [2.45, 2.75) is 76.3 Å². The lowest BCUT2D eigenvalue weighted by atomic mass is 9.45. The first-order chi connectivity index (χ1) is 29.8. The summed E-state index contributed by atoms with van der Waals surface area (Å²) in [6, 6.07) is 16.7. The number of anilines is 2. The summed E-state index contributed by atoms with van der Waals surface area (Å²) < 4.78 is 22.4. The van der Waals surface area contributed by atoms with Gasteiger partial charge in [-0.15, -0.1) is 0 Å². The van der Waals surface area contributed by atoms with Crippen LogP contribution in [0.25, 0.3) is 10.9 Å². The molecule has 10 rings (SSSR count). The number of carbonyl (C=O) groups is 4. The van der Waals surface area contributed by atoms with Crippen LogP contribution in [0.3, 0.4) is 0 Å². The van der Waals surface area contributed by atoms with Crippen LogP contribution in [0.2, 0.25) is 0 Å². The summed E-state index contributed by atoms with van der Waals surface area (Å²) in [6.45, 7) is 11.8. The molecule has 6 aliphatic rings. The molecule has 3 saturated heterocycles. The number of aliphatic hydroxyl groups excluding tert-OH is 1. The lowest BCUT2D eigenvalue weighted by Gasteiger charge is -2.66. The molecule has 1 aromatic heterocycles. The van der Waals surface area contributed by atoms with Crippen LogP contribution in [0.5, 0.6) is 5.75 Å². The van der Waals surface area contributed by atoms with Crippen molar-refractivity contribution < 1.29 is 33.4 Å². The topological polar surface area (TPSA) is 171 Å². The number of benzene rings is 3. The Hall–Kier alpha value is -6.11. The summed E-state index contributed by atoms with van der Waals surface area (Å²) in [6.07, 6.45) is 2.36. The van der Waals surface area contributed by atoms with Crippen molar-refractivity contribution in [1.82, 2.24) is 25.4 Å². The fourth-order valence-electron chi connectivity index (χ4n) is 11.5. The number of aliphatic hydroxyl groups is 1. The number of pyridine rings is 1. The van der Waals surface area contributed by atoms with E-state index in [1.807, 2.05) is 18.2 Å². The summed E-state index contributed by atoms with van der Waals surface area (Å²) in [5.74, 6) is -0.845. The number of aromatic nitrogens is 1. The molecule has 5 aliphatic heterocycles. The highest BCUT2D eigenvalue weighted by Gasteiger charge is 2.69. The van der Waals surface area contributed by atoms with Crippen molar-refractivity contribution in [3.05, 3.63) is 94.4 Å². The van der Waals surface area contributed by atoms with E-state index in [4.69, 9.17) is 4.74 Å². The van der Waals surface area contributed by atoms with Gasteiger partial charge in [0.05, 0.1) is 45.4 Å². The van der Waals surface area contributed by atoms with Gasteiger partial charge in [0.25, 0.3) is 17.7 Å². The maximum Gasteiger partial charge on any atom is 0.262 e. The van der Waals surface area contributed by atoms with Gasteiger partial charge in [0.1, 0.15) is 30.0 Å². The Morgan fingerprint density at radius 1 is 0.952 bits per heavy atom. The zero-order chi connectivity index (χ0) is 43.2.